The highest BCUT2D eigenvalue weighted by Crippen LogP contribution is 2.36. The molecule has 0 radical (unpaired) electrons. The molecule has 2 atom stereocenters. The predicted octanol–water partition coefficient (Wildman–Crippen LogP) is 4.13. The highest BCUT2D eigenvalue weighted by atomic mass is 32.2. The fourth-order valence-electron chi connectivity index (χ4n) is 2.99. The summed E-state index contributed by atoms with van der Waals surface area (Å²) in [5, 5.41) is 0. The molecular weight excluding hydrogens is 298 g/mol. The van der Waals surface area contributed by atoms with Crippen LogP contribution in [0.3, 0.4) is 0 Å². The number of hydrogen-bond donors (Lipinski definition) is 0. The second-order valence-corrected chi connectivity index (χ2v) is 8.37. The third kappa shape index (κ3) is 3.44. The molecule has 0 amide bonds. The van der Waals surface area contributed by atoms with Crippen LogP contribution in [0.4, 0.5) is 0 Å². The Kier molecular flexibility index (Phi) is 4.57. The molecule has 2 heterocycles. The maximum absolute atomic E-state index is 11.4. The Balaban J connectivity index is 1.72. The van der Waals surface area contributed by atoms with E-state index in [1.54, 1.807) is 6.26 Å². The van der Waals surface area contributed by atoms with Gasteiger partial charge in [-0.2, -0.15) is 0 Å². The van der Waals surface area contributed by atoms with Gasteiger partial charge in [-0.1, -0.05) is 12.1 Å². The minimum atomic E-state index is -0.887. The lowest BCUT2D eigenvalue weighted by molar-refractivity contribution is 0.251. The Bertz CT molecular complexity index is 632. The van der Waals surface area contributed by atoms with Crippen molar-refractivity contribution in [3.8, 4) is 0 Å². The maximum Gasteiger partial charge on any atom is 0.0498 e. The van der Waals surface area contributed by atoms with Gasteiger partial charge in [-0.3, -0.25) is 9.11 Å². The largest absolute Gasteiger partial charge is 0.291 e. The van der Waals surface area contributed by atoms with Crippen molar-refractivity contribution >= 4 is 22.1 Å². The fourth-order valence-corrected chi connectivity index (χ4v) is 4.56. The molecule has 1 aliphatic rings. The van der Waals surface area contributed by atoms with Crippen molar-refractivity contribution in [2.75, 3.05) is 12.8 Å². The Morgan fingerprint density at radius 3 is 2.62 bits per heavy atom. The van der Waals surface area contributed by atoms with Crippen LogP contribution in [0.1, 0.15) is 34.2 Å². The van der Waals surface area contributed by atoms with E-state index in [9.17, 15) is 4.21 Å². The van der Waals surface area contributed by atoms with Gasteiger partial charge in [-0.25, -0.2) is 0 Å². The zero-order valence-electron chi connectivity index (χ0n) is 12.5. The molecule has 4 heteroatoms. The van der Waals surface area contributed by atoms with E-state index in [2.05, 4.69) is 36.1 Å². The van der Waals surface area contributed by atoms with E-state index in [4.69, 9.17) is 0 Å². The molecule has 1 fully saturated rings. The van der Waals surface area contributed by atoms with Gasteiger partial charge in [0, 0.05) is 44.3 Å². The van der Waals surface area contributed by atoms with Crippen molar-refractivity contribution in [2.45, 2.75) is 37.2 Å². The number of thiophene rings is 1. The van der Waals surface area contributed by atoms with Crippen LogP contribution in [0, 0.1) is 6.92 Å². The summed E-state index contributed by atoms with van der Waals surface area (Å²) in [6, 6.07) is 13.3. The van der Waals surface area contributed by atoms with Gasteiger partial charge in [0.2, 0.25) is 0 Å². The van der Waals surface area contributed by atoms with Gasteiger partial charge in [0.25, 0.3) is 0 Å². The summed E-state index contributed by atoms with van der Waals surface area (Å²) in [5.74, 6) is 0. The van der Waals surface area contributed by atoms with E-state index in [1.807, 2.05) is 23.5 Å². The highest BCUT2D eigenvalue weighted by Gasteiger charge is 2.26. The lowest BCUT2D eigenvalue weighted by Crippen LogP contribution is -2.22. The maximum atomic E-state index is 11.4. The van der Waals surface area contributed by atoms with Crippen molar-refractivity contribution in [3.05, 3.63) is 51.7 Å². The summed E-state index contributed by atoms with van der Waals surface area (Å²) in [5.41, 5.74) is 1.31. The van der Waals surface area contributed by atoms with E-state index in [-0.39, 0.29) is 0 Å². The van der Waals surface area contributed by atoms with Crippen LogP contribution in [-0.4, -0.2) is 21.9 Å². The van der Waals surface area contributed by atoms with Gasteiger partial charge in [0.15, 0.2) is 0 Å². The van der Waals surface area contributed by atoms with Crippen LogP contribution in [0.25, 0.3) is 0 Å². The smallest absolute Gasteiger partial charge is 0.0498 e. The molecule has 112 valence electrons. The summed E-state index contributed by atoms with van der Waals surface area (Å²) < 4.78 is 11.4. The molecule has 3 rings (SSSR count). The van der Waals surface area contributed by atoms with Crippen molar-refractivity contribution < 1.29 is 4.21 Å². The molecule has 21 heavy (non-hydrogen) atoms. The van der Waals surface area contributed by atoms with Gasteiger partial charge < -0.3 is 0 Å². The predicted molar refractivity (Wildman–Crippen MR) is 90.2 cm³/mol. The van der Waals surface area contributed by atoms with Crippen LogP contribution < -0.4 is 0 Å². The minimum absolute atomic E-state index is 0.573. The lowest BCUT2D eigenvalue weighted by Gasteiger charge is -2.23. The Hall–Kier alpha value is -0.970. The molecule has 0 spiro atoms. The molecule has 1 saturated heterocycles. The Morgan fingerprint density at radius 1 is 1.24 bits per heavy atom. The zero-order chi connectivity index (χ0) is 14.8. The molecule has 0 aliphatic carbocycles. The standard InChI is InChI=1S/C17H21NOS2/c1-13-5-10-17(20-13)16-4-3-11-18(16)12-14-6-8-15(9-7-14)21(2)19/h5-10,16H,3-4,11-12H2,1-2H3/t16-,21+/m1/s1. The molecule has 2 nitrogen and oxygen atoms in total. The first-order valence-electron chi connectivity index (χ1n) is 7.36. The van der Waals surface area contributed by atoms with Crippen LogP contribution in [-0.2, 0) is 17.3 Å². The lowest BCUT2D eigenvalue weighted by atomic mass is 10.1. The van der Waals surface area contributed by atoms with Gasteiger partial charge in [-0.05, 0) is 56.1 Å². The Morgan fingerprint density at radius 2 is 2.00 bits per heavy atom. The van der Waals surface area contributed by atoms with Crippen molar-refractivity contribution in [2.24, 2.45) is 0 Å². The third-order valence-electron chi connectivity index (χ3n) is 4.09. The van der Waals surface area contributed by atoms with Crippen molar-refractivity contribution in [1.29, 1.82) is 0 Å². The molecule has 1 aliphatic heterocycles. The number of rotatable bonds is 4. The monoisotopic (exact) mass is 319 g/mol. The van der Waals surface area contributed by atoms with E-state index in [0.29, 0.717) is 6.04 Å². The van der Waals surface area contributed by atoms with E-state index < -0.39 is 10.8 Å². The molecule has 0 saturated carbocycles. The number of nitrogens with zero attached hydrogens (tertiary/aromatic N) is 1. The summed E-state index contributed by atoms with van der Waals surface area (Å²) >= 11 is 1.92. The molecule has 0 unspecified atom stereocenters. The van der Waals surface area contributed by atoms with Crippen LogP contribution in [0.2, 0.25) is 0 Å². The second kappa shape index (κ2) is 6.42. The minimum Gasteiger partial charge on any atom is -0.291 e. The first kappa shape index (κ1) is 14.9. The zero-order valence-corrected chi connectivity index (χ0v) is 14.2. The fraction of sp³-hybridized carbons (Fsp3) is 0.412. The van der Waals surface area contributed by atoms with E-state index >= 15 is 0 Å². The normalized spacial score (nSPS) is 20.8. The van der Waals surface area contributed by atoms with Gasteiger partial charge in [-0.15, -0.1) is 11.3 Å². The molecule has 1 aromatic heterocycles. The SMILES string of the molecule is Cc1ccc([C@H]2CCCN2Cc2ccc([S@](C)=O)cc2)s1. The van der Waals surface area contributed by atoms with Crippen LogP contribution in [0.15, 0.2) is 41.3 Å². The average Bonchev–Trinajstić information content (AvgIpc) is 3.08. The van der Waals surface area contributed by atoms with Crippen molar-refractivity contribution in [3.63, 3.8) is 0 Å². The topological polar surface area (TPSA) is 20.3 Å². The molecule has 0 N–H and O–H groups in total. The highest BCUT2D eigenvalue weighted by molar-refractivity contribution is 7.84. The first-order valence-corrected chi connectivity index (χ1v) is 9.74. The number of hydrogen-bond acceptors (Lipinski definition) is 3. The van der Waals surface area contributed by atoms with E-state index in [1.165, 1.54) is 34.7 Å². The Labute approximate surface area is 133 Å². The second-order valence-electron chi connectivity index (χ2n) is 5.67. The summed E-state index contributed by atoms with van der Waals surface area (Å²) in [7, 11) is -0.887. The van der Waals surface area contributed by atoms with E-state index in [0.717, 1.165) is 11.4 Å². The summed E-state index contributed by atoms with van der Waals surface area (Å²) in [6.07, 6.45) is 4.26. The average molecular weight is 319 g/mol. The first-order chi connectivity index (χ1) is 10.1. The molecule has 0 bridgehead atoms. The number of benzene rings is 1. The van der Waals surface area contributed by atoms with Gasteiger partial charge in [0.05, 0.1) is 0 Å². The molecule has 2 aromatic rings. The summed E-state index contributed by atoms with van der Waals surface area (Å²) in [4.78, 5) is 6.37. The molecule has 1 aromatic carbocycles. The van der Waals surface area contributed by atoms with Crippen molar-refractivity contribution in [1.82, 2.24) is 4.90 Å². The molecular formula is C17H21NOS2. The number of likely N-dealkylation sites (tertiary alicyclic amines) is 1. The van der Waals surface area contributed by atoms with Crippen LogP contribution >= 0.6 is 11.3 Å². The third-order valence-corrected chi connectivity index (χ3v) is 6.13. The quantitative estimate of drug-likeness (QED) is 0.844. The number of aryl methyl sites for hydroxylation is 1. The van der Waals surface area contributed by atoms with Gasteiger partial charge in [0.1, 0.15) is 0 Å². The van der Waals surface area contributed by atoms with Gasteiger partial charge >= 0.3 is 0 Å². The van der Waals surface area contributed by atoms with Crippen LogP contribution in [0.5, 0.6) is 0 Å². The summed E-state index contributed by atoms with van der Waals surface area (Å²) in [6.45, 7) is 4.33.